The Balaban J connectivity index is 1.52. The minimum atomic E-state index is -0.168. The van der Waals surface area contributed by atoms with Crippen molar-refractivity contribution in [3.63, 3.8) is 0 Å². The van der Waals surface area contributed by atoms with Gasteiger partial charge in [0.2, 0.25) is 11.8 Å². The van der Waals surface area contributed by atoms with Gasteiger partial charge in [0, 0.05) is 16.6 Å². The van der Waals surface area contributed by atoms with Gasteiger partial charge in [-0.3, -0.25) is 9.36 Å². The van der Waals surface area contributed by atoms with Crippen molar-refractivity contribution >= 4 is 34.3 Å². The van der Waals surface area contributed by atoms with Gasteiger partial charge in [-0.1, -0.05) is 60.8 Å². The average Bonchev–Trinajstić information content (AvgIpc) is 3.31. The molecule has 1 aliphatic rings. The van der Waals surface area contributed by atoms with E-state index < -0.39 is 0 Å². The van der Waals surface area contributed by atoms with Gasteiger partial charge < -0.3 is 4.42 Å². The molecule has 4 aromatic rings. The van der Waals surface area contributed by atoms with Crippen LogP contribution in [0.4, 0.5) is 0 Å². The third-order valence-electron chi connectivity index (χ3n) is 5.86. The lowest BCUT2D eigenvalue weighted by atomic mass is 9.95. The zero-order valence-electron chi connectivity index (χ0n) is 17.7. The summed E-state index contributed by atoms with van der Waals surface area (Å²) in [6, 6.07) is 15.1. The maximum Gasteiger partial charge on any atom is 0.262 e. The Bertz CT molecular complexity index is 1300. The van der Waals surface area contributed by atoms with Crippen molar-refractivity contribution in [3.05, 3.63) is 69.8 Å². The monoisotopic (exact) mass is 466 g/mol. The van der Waals surface area contributed by atoms with E-state index in [1.807, 2.05) is 41.8 Å². The predicted octanol–water partition coefficient (Wildman–Crippen LogP) is 6.46. The maximum atomic E-state index is 13.5. The SMILES string of the molecule is C[C@@H](Sc1nc2cc(Cl)ccc2c(=O)n1C1CCCCC1)c1nnc(-c2ccccc2)o1. The van der Waals surface area contributed by atoms with Gasteiger partial charge in [-0.25, -0.2) is 4.98 Å². The Hall–Kier alpha value is -2.64. The predicted molar refractivity (Wildman–Crippen MR) is 127 cm³/mol. The number of benzene rings is 2. The van der Waals surface area contributed by atoms with Crippen molar-refractivity contribution in [1.82, 2.24) is 19.7 Å². The summed E-state index contributed by atoms with van der Waals surface area (Å²) in [5, 5.41) is 10.1. The summed E-state index contributed by atoms with van der Waals surface area (Å²) in [5.41, 5.74) is 1.48. The molecule has 1 saturated carbocycles. The first kappa shape index (κ1) is 21.2. The van der Waals surface area contributed by atoms with Crippen molar-refractivity contribution in [2.75, 3.05) is 0 Å². The van der Waals surface area contributed by atoms with E-state index in [0.29, 0.717) is 32.9 Å². The molecule has 6 nitrogen and oxygen atoms in total. The standard InChI is InChI=1S/C24H23ClN4O2S/c1-15(21-27-28-22(31-21)16-8-4-2-5-9-16)32-24-26-20-14-17(25)12-13-19(20)23(30)29(24)18-10-6-3-7-11-18/h2,4-5,8-9,12-15,18H,3,6-7,10-11H2,1H3/t15-/m1/s1. The highest BCUT2D eigenvalue weighted by molar-refractivity contribution is 7.99. The van der Waals surface area contributed by atoms with Crippen LogP contribution in [0.1, 0.15) is 56.2 Å². The second-order valence-electron chi connectivity index (χ2n) is 8.09. The van der Waals surface area contributed by atoms with Crippen LogP contribution in [0.3, 0.4) is 0 Å². The summed E-state index contributed by atoms with van der Waals surface area (Å²) in [6.45, 7) is 1.99. The van der Waals surface area contributed by atoms with E-state index in [1.165, 1.54) is 18.2 Å². The zero-order chi connectivity index (χ0) is 22.1. The minimum Gasteiger partial charge on any atom is -0.419 e. The molecule has 2 aromatic carbocycles. The average molecular weight is 467 g/mol. The Labute approximate surface area is 195 Å². The number of thioether (sulfide) groups is 1. The van der Waals surface area contributed by atoms with Crippen LogP contribution in [0.5, 0.6) is 0 Å². The Morgan fingerprint density at radius 2 is 1.88 bits per heavy atom. The smallest absolute Gasteiger partial charge is 0.262 e. The Kier molecular flexibility index (Phi) is 6.02. The van der Waals surface area contributed by atoms with Crippen LogP contribution in [0.25, 0.3) is 22.4 Å². The molecular formula is C24H23ClN4O2S. The number of hydrogen-bond donors (Lipinski definition) is 0. The van der Waals surface area contributed by atoms with Gasteiger partial charge >= 0.3 is 0 Å². The van der Waals surface area contributed by atoms with Crippen molar-refractivity contribution in [3.8, 4) is 11.5 Å². The number of halogens is 1. The van der Waals surface area contributed by atoms with Crippen LogP contribution in [0, 0.1) is 0 Å². The molecular weight excluding hydrogens is 444 g/mol. The number of rotatable bonds is 5. The van der Waals surface area contributed by atoms with Crippen LogP contribution in [0.2, 0.25) is 5.02 Å². The zero-order valence-corrected chi connectivity index (χ0v) is 19.3. The lowest BCUT2D eigenvalue weighted by Gasteiger charge is -2.26. The highest BCUT2D eigenvalue weighted by atomic mass is 35.5. The molecule has 2 heterocycles. The molecule has 0 spiro atoms. The van der Waals surface area contributed by atoms with Gasteiger partial charge in [0.1, 0.15) is 0 Å². The summed E-state index contributed by atoms with van der Waals surface area (Å²) < 4.78 is 7.83. The van der Waals surface area contributed by atoms with Crippen LogP contribution >= 0.6 is 23.4 Å². The summed E-state index contributed by atoms with van der Waals surface area (Å²) in [4.78, 5) is 18.3. The quantitative estimate of drug-likeness (QED) is 0.248. The molecule has 0 bridgehead atoms. The third kappa shape index (κ3) is 4.19. The second kappa shape index (κ2) is 9.08. The van der Waals surface area contributed by atoms with Gasteiger partial charge in [-0.15, -0.1) is 10.2 Å². The highest BCUT2D eigenvalue weighted by Gasteiger charge is 2.25. The lowest BCUT2D eigenvalue weighted by Crippen LogP contribution is -2.29. The molecule has 0 N–H and O–H groups in total. The van der Waals surface area contributed by atoms with Gasteiger partial charge in [0.25, 0.3) is 5.56 Å². The molecule has 0 aliphatic heterocycles. The van der Waals surface area contributed by atoms with E-state index in [4.69, 9.17) is 21.0 Å². The van der Waals surface area contributed by atoms with E-state index >= 15 is 0 Å². The van der Waals surface area contributed by atoms with Crippen molar-refractivity contribution in [2.24, 2.45) is 0 Å². The van der Waals surface area contributed by atoms with Crippen molar-refractivity contribution in [1.29, 1.82) is 0 Å². The summed E-state index contributed by atoms with van der Waals surface area (Å²) in [5.74, 6) is 0.987. The van der Waals surface area contributed by atoms with Gasteiger partial charge in [-0.05, 0) is 50.1 Å². The summed E-state index contributed by atoms with van der Waals surface area (Å²) >= 11 is 7.66. The number of nitrogens with zero attached hydrogens (tertiary/aromatic N) is 4. The first-order valence-electron chi connectivity index (χ1n) is 10.9. The fraction of sp³-hybridized carbons (Fsp3) is 0.333. The number of fused-ring (bicyclic) bond motifs is 1. The van der Waals surface area contributed by atoms with E-state index in [9.17, 15) is 4.79 Å². The molecule has 32 heavy (non-hydrogen) atoms. The molecule has 0 unspecified atom stereocenters. The fourth-order valence-electron chi connectivity index (χ4n) is 4.20. The molecule has 0 saturated heterocycles. The molecule has 1 atom stereocenters. The van der Waals surface area contributed by atoms with Crippen LogP contribution in [-0.4, -0.2) is 19.7 Å². The van der Waals surface area contributed by atoms with Crippen LogP contribution in [-0.2, 0) is 0 Å². The van der Waals surface area contributed by atoms with Crippen molar-refractivity contribution < 1.29 is 4.42 Å². The normalized spacial score (nSPS) is 15.8. The van der Waals surface area contributed by atoms with Crippen LogP contribution < -0.4 is 5.56 Å². The first-order valence-corrected chi connectivity index (χ1v) is 12.1. The molecule has 1 fully saturated rings. The fourth-order valence-corrected chi connectivity index (χ4v) is 5.38. The minimum absolute atomic E-state index is 0.0104. The van der Waals surface area contributed by atoms with E-state index in [1.54, 1.807) is 18.2 Å². The highest BCUT2D eigenvalue weighted by Crippen LogP contribution is 2.37. The Morgan fingerprint density at radius 3 is 2.66 bits per heavy atom. The first-order chi connectivity index (χ1) is 15.6. The molecule has 164 valence electrons. The molecule has 0 radical (unpaired) electrons. The summed E-state index contributed by atoms with van der Waals surface area (Å²) in [7, 11) is 0. The third-order valence-corrected chi connectivity index (χ3v) is 7.15. The maximum absolute atomic E-state index is 13.5. The molecule has 2 aromatic heterocycles. The topological polar surface area (TPSA) is 73.8 Å². The number of aromatic nitrogens is 4. The van der Waals surface area contributed by atoms with E-state index in [0.717, 1.165) is 31.2 Å². The lowest BCUT2D eigenvalue weighted by molar-refractivity contribution is 0.326. The second-order valence-corrected chi connectivity index (χ2v) is 9.84. The van der Waals surface area contributed by atoms with E-state index in [2.05, 4.69) is 10.2 Å². The molecule has 8 heteroatoms. The van der Waals surface area contributed by atoms with Gasteiger partial charge in [0.15, 0.2) is 5.16 Å². The number of hydrogen-bond acceptors (Lipinski definition) is 6. The molecule has 5 rings (SSSR count). The van der Waals surface area contributed by atoms with E-state index in [-0.39, 0.29) is 16.9 Å². The van der Waals surface area contributed by atoms with Gasteiger partial charge in [-0.2, -0.15) is 0 Å². The van der Waals surface area contributed by atoms with Crippen molar-refractivity contribution in [2.45, 2.75) is 55.5 Å². The molecule has 1 aliphatic carbocycles. The van der Waals surface area contributed by atoms with Crippen LogP contribution in [0.15, 0.2) is 62.9 Å². The molecule has 0 amide bonds. The van der Waals surface area contributed by atoms with Gasteiger partial charge in [0.05, 0.1) is 16.2 Å². The largest absolute Gasteiger partial charge is 0.419 e. The Morgan fingerprint density at radius 1 is 1.09 bits per heavy atom. The summed E-state index contributed by atoms with van der Waals surface area (Å²) in [6.07, 6.45) is 5.44.